The SMILES string of the molecule is Sc1ccc(-c2ccccc2)cc1Br.[NaH]. The Morgan fingerprint density at radius 1 is 0.867 bits per heavy atom. The van der Waals surface area contributed by atoms with E-state index in [9.17, 15) is 0 Å². The quantitative estimate of drug-likeness (QED) is 0.600. The van der Waals surface area contributed by atoms with Gasteiger partial charge in [-0.15, -0.1) is 12.6 Å². The summed E-state index contributed by atoms with van der Waals surface area (Å²) in [5.41, 5.74) is 2.43. The zero-order chi connectivity index (χ0) is 9.97. The van der Waals surface area contributed by atoms with Crippen LogP contribution in [-0.2, 0) is 0 Å². The molecule has 2 aromatic carbocycles. The van der Waals surface area contributed by atoms with E-state index in [-0.39, 0.29) is 29.6 Å². The number of thiol groups is 1. The molecule has 3 heteroatoms. The van der Waals surface area contributed by atoms with Crippen molar-refractivity contribution < 1.29 is 0 Å². The second kappa shape index (κ2) is 6.12. The van der Waals surface area contributed by atoms with E-state index in [2.05, 4.69) is 52.8 Å². The van der Waals surface area contributed by atoms with Crippen molar-refractivity contribution in [1.82, 2.24) is 0 Å². The zero-order valence-corrected chi connectivity index (χ0v) is 9.92. The first-order valence-electron chi connectivity index (χ1n) is 4.31. The molecule has 0 nitrogen and oxygen atoms in total. The van der Waals surface area contributed by atoms with Crippen molar-refractivity contribution in [3.63, 3.8) is 0 Å². The monoisotopic (exact) mass is 288 g/mol. The van der Waals surface area contributed by atoms with Crippen LogP contribution < -0.4 is 0 Å². The Kier molecular flexibility index (Phi) is 5.44. The molecule has 0 unspecified atom stereocenters. The molecule has 0 aromatic heterocycles. The van der Waals surface area contributed by atoms with Gasteiger partial charge in [-0.25, -0.2) is 0 Å². The van der Waals surface area contributed by atoms with Crippen molar-refractivity contribution in [1.29, 1.82) is 0 Å². The molecule has 0 radical (unpaired) electrons. The molecule has 72 valence electrons. The van der Waals surface area contributed by atoms with Crippen LogP contribution in [0.2, 0.25) is 0 Å². The second-order valence-electron chi connectivity index (χ2n) is 3.03. The van der Waals surface area contributed by atoms with E-state index >= 15 is 0 Å². The molecule has 0 aliphatic rings. The van der Waals surface area contributed by atoms with E-state index in [4.69, 9.17) is 0 Å². The summed E-state index contributed by atoms with van der Waals surface area (Å²) in [6, 6.07) is 16.4. The van der Waals surface area contributed by atoms with Gasteiger partial charge in [0.25, 0.3) is 0 Å². The Labute approximate surface area is 126 Å². The average molecular weight is 289 g/mol. The molecule has 0 saturated heterocycles. The third kappa shape index (κ3) is 3.36. The summed E-state index contributed by atoms with van der Waals surface area (Å²) in [6.45, 7) is 0. The number of rotatable bonds is 1. The third-order valence-corrected chi connectivity index (χ3v) is 3.41. The van der Waals surface area contributed by atoms with Gasteiger partial charge in [0.15, 0.2) is 0 Å². The zero-order valence-electron chi connectivity index (χ0n) is 7.44. The van der Waals surface area contributed by atoms with Crippen LogP contribution in [0.3, 0.4) is 0 Å². The molecule has 0 aliphatic carbocycles. The molecule has 0 bridgehead atoms. The standard InChI is InChI=1S/C12H9BrS.Na.H/c13-11-8-10(6-7-12(11)14)9-4-2-1-3-5-9;;/h1-8,14H;;. The van der Waals surface area contributed by atoms with Crippen molar-refractivity contribution in [3.8, 4) is 11.1 Å². The molecule has 0 N–H and O–H groups in total. The van der Waals surface area contributed by atoms with Gasteiger partial charge in [0.05, 0.1) is 0 Å². The molecular weight excluding hydrogens is 279 g/mol. The summed E-state index contributed by atoms with van der Waals surface area (Å²) in [4.78, 5) is 0.963. The van der Waals surface area contributed by atoms with Crippen molar-refractivity contribution in [2.24, 2.45) is 0 Å². The van der Waals surface area contributed by atoms with Crippen LogP contribution in [0.5, 0.6) is 0 Å². The molecule has 0 saturated carbocycles. The van der Waals surface area contributed by atoms with Gasteiger partial charge in [-0.3, -0.25) is 0 Å². The maximum absolute atomic E-state index is 4.31. The van der Waals surface area contributed by atoms with Crippen molar-refractivity contribution in [3.05, 3.63) is 53.0 Å². The van der Waals surface area contributed by atoms with Gasteiger partial charge in [-0.1, -0.05) is 36.4 Å². The van der Waals surface area contributed by atoms with E-state index in [1.165, 1.54) is 11.1 Å². The topological polar surface area (TPSA) is 0 Å². The fraction of sp³-hybridized carbons (Fsp3) is 0. The van der Waals surface area contributed by atoms with E-state index in [1.807, 2.05) is 24.3 Å². The predicted octanol–water partition coefficient (Wildman–Crippen LogP) is 3.76. The first kappa shape index (κ1) is 13.3. The van der Waals surface area contributed by atoms with Crippen LogP contribution in [0.4, 0.5) is 0 Å². The Morgan fingerprint density at radius 3 is 2.13 bits per heavy atom. The predicted molar refractivity (Wildman–Crippen MR) is 74.0 cm³/mol. The number of halogens is 1. The second-order valence-corrected chi connectivity index (χ2v) is 4.37. The Bertz CT molecular complexity index is 443. The first-order valence-corrected chi connectivity index (χ1v) is 5.55. The van der Waals surface area contributed by atoms with Gasteiger partial charge < -0.3 is 0 Å². The van der Waals surface area contributed by atoms with Gasteiger partial charge in [0, 0.05) is 9.37 Å². The fourth-order valence-electron chi connectivity index (χ4n) is 1.32. The normalized spacial score (nSPS) is 9.47. The van der Waals surface area contributed by atoms with Crippen LogP contribution in [0.15, 0.2) is 57.9 Å². The summed E-state index contributed by atoms with van der Waals surface area (Å²) in [7, 11) is 0. The summed E-state index contributed by atoms with van der Waals surface area (Å²) in [6.07, 6.45) is 0. The third-order valence-electron chi connectivity index (χ3n) is 2.05. The Hall–Kier alpha value is 0.270. The summed E-state index contributed by atoms with van der Waals surface area (Å²) >= 11 is 7.78. The van der Waals surface area contributed by atoms with E-state index in [0.29, 0.717) is 0 Å². The van der Waals surface area contributed by atoms with Crippen LogP contribution in [0.1, 0.15) is 0 Å². The number of hydrogen-bond acceptors (Lipinski definition) is 1. The molecule has 15 heavy (non-hydrogen) atoms. The van der Waals surface area contributed by atoms with Gasteiger partial charge in [0.2, 0.25) is 0 Å². The van der Waals surface area contributed by atoms with Crippen LogP contribution in [-0.4, -0.2) is 29.6 Å². The van der Waals surface area contributed by atoms with E-state index in [1.54, 1.807) is 0 Å². The first-order chi connectivity index (χ1) is 6.77. The number of benzene rings is 2. The molecule has 0 fully saturated rings. The minimum atomic E-state index is 0. The van der Waals surface area contributed by atoms with Crippen LogP contribution in [0, 0.1) is 0 Å². The number of hydrogen-bond donors (Lipinski definition) is 1. The van der Waals surface area contributed by atoms with Crippen molar-refractivity contribution in [2.45, 2.75) is 4.90 Å². The molecule has 0 aliphatic heterocycles. The summed E-state index contributed by atoms with van der Waals surface area (Å²) in [5.74, 6) is 0. The van der Waals surface area contributed by atoms with Crippen molar-refractivity contribution in [2.75, 3.05) is 0 Å². The molecule has 0 heterocycles. The molecular formula is C12H10BrNaS. The van der Waals surface area contributed by atoms with E-state index < -0.39 is 0 Å². The van der Waals surface area contributed by atoms with Crippen molar-refractivity contribution >= 4 is 58.1 Å². The fourth-order valence-corrected chi connectivity index (χ4v) is 1.83. The maximum atomic E-state index is 4.31. The summed E-state index contributed by atoms with van der Waals surface area (Å²) in [5, 5.41) is 0. The molecule has 2 aromatic rings. The average Bonchev–Trinajstić information content (AvgIpc) is 2.23. The van der Waals surface area contributed by atoms with E-state index in [0.717, 1.165) is 9.37 Å². The Balaban J connectivity index is 0.00000112. The Morgan fingerprint density at radius 2 is 1.53 bits per heavy atom. The van der Waals surface area contributed by atoms with Gasteiger partial charge in [0.1, 0.15) is 0 Å². The minimum absolute atomic E-state index is 0. The molecule has 0 spiro atoms. The van der Waals surface area contributed by atoms with Crippen LogP contribution in [0.25, 0.3) is 11.1 Å². The van der Waals surface area contributed by atoms with Gasteiger partial charge in [-0.2, -0.15) is 0 Å². The van der Waals surface area contributed by atoms with Gasteiger partial charge >= 0.3 is 29.6 Å². The molecule has 0 amide bonds. The van der Waals surface area contributed by atoms with Gasteiger partial charge in [-0.05, 0) is 39.2 Å². The summed E-state index contributed by atoms with van der Waals surface area (Å²) < 4.78 is 1.03. The van der Waals surface area contributed by atoms with Crippen LogP contribution >= 0.6 is 28.6 Å². The molecule has 0 atom stereocenters. The molecule has 2 rings (SSSR count).